The molecule has 1 aromatic carbocycles. The molecule has 1 aliphatic rings. The zero-order chi connectivity index (χ0) is 15.0. The molecule has 0 aromatic heterocycles. The van der Waals surface area contributed by atoms with E-state index in [0.29, 0.717) is 13.1 Å². The Hall–Kier alpha value is -1.76. The van der Waals surface area contributed by atoms with Crippen LogP contribution < -0.4 is 4.90 Å². The fourth-order valence-corrected chi connectivity index (χ4v) is 2.52. The van der Waals surface area contributed by atoms with Gasteiger partial charge in [-0.3, -0.25) is 10.1 Å². The third-order valence-corrected chi connectivity index (χ3v) is 3.79. The summed E-state index contributed by atoms with van der Waals surface area (Å²) in [5.41, 5.74) is -0.854. The highest BCUT2D eigenvalue weighted by Crippen LogP contribution is 2.36. The van der Waals surface area contributed by atoms with Gasteiger partial charge >= 0.3 is 5.69 Å². The number of halogens is 2. The first-order valence-corrected chi connectivity index (χ1v) is 6.40. The Morgan fingerprint density at radius 2 is 1.60 bits per heavy atom. The lowest BCUT2D eigenvalue weighted by atomic mass is 10.0. The fourth-order valence-electron chi connectivity index (χ4n) is 2.52. The minimum absolute atomic E-state index is 0.00403. The third kappa shape index (κ3) is 2.33. The largest absolute Gasteiger partial charge is 0.366 e. The molecule has 0 N–H and O–H groups in total. The smallest absolute Gasteiger partial charge is 0.311 e. The molecule has 0 unspecified atom stereocenters. The Balaban J connectivity index is 2.52. The van der Waals surface area contributed by atoms with Crippen molar-refractivity contribution in [2.45, 2.75) is 13.8 Å². The molecule has 5 nitrogen and oxygen atoms in total. The van der Waals surface area contributed by atoms with Crippen LogP contribution >= 0.6 is 0 Å². The lowest BCUT2D eigenvalue weighted by Gasteiger charge is -2.35. The molecule has 1 fully saturated rings. The van der Waals surface area contributed by atoms with Gasteiger partial charge in [0.1, 0.15) is 0 Å². The number of nitrogens with zero attached hydrogens (tertiary/aromatic N) is 3. The average molecular weight is 285 g/mol. The van der Waals surface area contributed by atoms with E-state index in [4.69, 9.17) is 0 Å². The lowest BCUT2D eigenvalue weighted by molar-refractivity contribution is -0.388. The summed E-state index contributed by atoms with van der Waals surface area (Å²) in [5, 5.41) is 10.9. The molecule has 0 saturated carbocycles. The van der Waals surface area contributed by atoms with Crippen LogP contribution in [0.15, 0.2) is 0 Å². The van der Waals surface area contributed by atoms with Gasteiger partial charge < -0.3 is 9.80 Å². The molecule has 2 rings (SSSR count). The van der Waals surface area contributed by atoms with Crippen LogP contribution in [-0.4, -0.2) is 43.0 Å². The minimum atomic E-state index is -0.942. The van der Waals surface area contributed by atoms with E-state index in [1.807, 2.05) is 7.05 Å². The van der Waals surface area contributed by atoms with Crippen LogP contribution in [0.25, 0.3) is 0 Å². The zero-order valence-electron chi connectivity index (χ0n) is 11.7. The van der Waals surface area contributed by atoms with Crippen molar-refractivity contribution in [3.8, 4) is 0 Å². The molecule has 0 spiro atoms. The van der Waals surface area contributed by atoms with Crippen molar-refractivity contribution in [1.82, 2.24) is 4.90 Å². The minimum Gasteiger partial charge on any atom is -0.366 e. The number of nitro benzene ring substituents is 1. The molecule has 1 saturated heterocycles. The van der Waals surface area contributed by atoms with Crippen molar-refractivity contribution in [3.05, 3.63) is 32.9 Å². The van der Waals surface area contributed by atoms with Crippen molar-refractivity contribution in [3.63, 3.8) is 0 Å². The van der Waals surface area contributed by atoms with Gasteiger partial charge in [0.25, 0.3) is 0 Å². The summed E-state index contributed by atoms with van der Waals surface area (Å²) >= 11 is 0. The summed E-state index contributed by atoms with van der Waals surface area (Å²) in [6.07, 6.45) is 0. The maximum absolute atomic E-state index is 14.4. The summed E-state index contributed by atoms with van der Waals surface area (Å²) in [6.45, 7) is 5.27. The highest BCUT2D eigenvalue weighted by atomic mass is 19.1. The van der Waals surface area contributed by atoms with E-state index in [1.54, 1.807) is 4.90 Å². The van der Waals surface area contributed by atoms with E-state index in [0.717, 1.165) is 13.1 Å². The summed E-state index contributed by atoms with van der Waals surface area (Å²) in [7, 11) is 1.96. The van der Waals surface area contributed by atoms with Gasteiger partial charge in [0.05, 0.1) is 16.2 Å². The number of benzene rings is 1. The highest BCUT2D eigenvalue weighted by molar-refractivity contribution is 5.63. The molecule has 1 aliphatic heterocycles. The van der Waals surface area contributed by atoms with Crippen molar-refractivity contribution in [1.29, 1.82) is 0 Å². The van der Waals surface area contributed by atoms with E-state index in [2.05, 4.69) is 4.90 Å². The van der Waals surface area contributed by atoms with Crippen LogP contribution in [0.1, 0.15) is 11.1 Å². The number of hydrogen-bond acceptors (Lipinski definition) is 4. The van der Waals surface area contributed by atoms with Gasteiger partial charge in [-0.2, -0.15) is 4.39 Å². The Labute approximate surface area is 115 Å². The van der Waals surface area contributed by atoms with Gasteiger partial charge in [-0.15, -0.1) is 0 Å². The topological polar surface area (TPSA) is 49.6 Å². The maximum atomic E-state index is 14.4. The molecule has 0 aliphatic carbocycles. The van der Waals surface area contributed by atoms with Crippen LogP contribution in [-0.2, 0) is 0 Å². The first-order chi connectivity index (χ1) is 9.34. The predicted octanol–water partition coefficient (Wildman–Crippen LogP) is 2.24. The number of piperazine rings is 1. The number of hydrogen-bond donors (Lipinski definition) is 0. The molecule has 7 heteroatoms. The van der Waals surface area contributed by atoms with Crippen molar-refractivity contribution < 1.29 is 13.7 Å². The molecule has 0 atom stereocenters. The van der Waals surface area contributed by atoms with E-state index in [9.17, 15) is 18.9 Å². The second kappa shape index (κ2) is 5.32. The van der Waals surface area contributed by atoms with Gasteiger partial charge in [-0.1, -0.05) is 0 Å². The van der Waals surface area contributed by atoms with Crippen molar-refractivity contribution in [2.75, 3.05) is 38.1 Å². The number of anilines is 1. The maximum Gasteiger partial charge on any atom is 0.311 e. The molecule has 1 aromatic rings. The quantitative estimate of drug-likeness (QED) is 0.617. The number of likely N-dealkylation sites (N-methyl/N-ethyl adjacent to an activating group) is 1. The Morgan fingerprint density at radius 3 is 2.10 bits per heavy atom. The van der Waals surface area contributed by atoms with Crippen LogP contribution in [0.4, 0.5) is 20.2 Å². The van der Waals surface area contributed by atoms with E-state index >= 15 is 0 Å². The molecular weight excluding hydrogens is 268 g/mol. The zero-order valence-corrected chi connectivity index (χ0v) is 11.7. The van der Waals surface area contributed by atoms with Crippen molar-refractivity contribution in [2.24, 2.45) is 0 Å². The van der Waals surface area contributed by atoms with Crippen molar-refractivity contribution >= 4 is 11.4 Å². The lowest BCUT2D eigenvalue weighted by Crippen LogP contribution is -2.45. The fraction of sp³-hybridized carbons (Fsp3) is 0.538. The van der Waals surface area contributed by atoms with Crippen LogP contribution in [0.3, 0.4) is 0 Å². The molecule has 0 radical (unpaired) electrons. The normalized spacial score (nSPS) is 16.6. The van der Waals surface area contributed by atoms with Gasteiger partial charge in [-0.05, 0) is 20.9 Å². The Morgan fingerprint density at radius 1 is 1.05 bits per heavy atom. The van der Waals surface area contributed by atoms with E-state index < -0.39 is 22.2 Å². The van der Waals surface area contributed by atoms with Crippen LogP contribution in [0, 0.1) is 35.6 Å². The molecule has 0 bridgehead atoms. The SMILES string of the molecule is Cc1c(F)c([N+](=O)[O-])c(C)c(F)c1N1CCN(C)CC1. The van der Waals surface area contributed by atoms with E-state index in [-0.39, 0.29) is 16.8 Å². The average Bonchev–Trinajstić information content (AvgIpc) is 2.39. The van der Waals surface area contributed by atoms with Gasteiger partial charge in [-0.25, -0.2) is 4.39 Å². The Bertz CT molecular complexity index is 526. The summed E-state index contributed by atoms with van der Waals surface area (Å²) in [5.74, 6) is -1.64. The molecule has 0 amide bonds. The first-order valence-electron chi connectivity index (χ1n) is 6.40. The van der Waals surface area contributed by atoms with Crippen LogP contribution in [0.5, 0.6) is 0 Å². The summed E-state index contributed by atoms with van der Waals surface area (Å²) in [6, 6.07) is 0. The van der Waals surface area contributed by atoms with E-state index in [1.165, 1.54) is 13.8 Å². The molecule has 110 valence electrons. The second-order valence-electron chi connectivity index (χ2n) is 5.12. The molecule has 1 heterocycles. The first kappa shape index (κ1) is 14.6. The van der Waals surface area contributed by atoms with Crippen LogP contribution in [0.2, 0.25) is 0 Å². The molecule has 20 heavy (non-hydrogen) atoms. The second-order valence-corrected chi connectivity index (χ2v) is 5.12. The third-order valence-electron chi connectivity index (χ3n) is 3.79. The summed E-state index contributed by atoms with van der Waals surface area (Å²) < 4.78 is 28.6. The number of rotatable bonds is 2. The number of nitro groups is 1. The standard InChI is InChI=1S/C13H17F2N3O2/c1-8-11(15)13(18(19)20)9(2)10(14)12(8)17-6-4-16(3)5-7-17/h4-7H2,1-3H3. The summed E-state index contributed by atoms with van der Waals surface area (Å²) in [4.78, 5) is 13.8. The predicted molar refractivity (Wildman–Crippen MR) is 72.2 cm³/mol. The monoisotopic (exact) mass is 285 g/mol. The van der Waals surface area contributed by atoms with Gasteiger partial charge in [0.2, 0.25) is 5.82 Å². The molecular formula is C13H17F2N3O2. The van der Waals surface area contributed by atoms with Gasteiger partial charge in [0.15, 0.2) is 5.82 Å². The van der Waals surface area contributed by atoms with Gasteiger partial charge in [0, 0.05) is 31.7 Å². The Kier molecular flexibility index (Phi) is 3.89. The highest BCUT2D eigenvalue weighted by Gasteiger charge is 2.30.